The highest BCUT2D eigenvalue weighted by Gasteiger charge is 2.40. The van der Waals surface area contributed by atoms with Gasteiger partial charge in [0.05, 0.1) is 7.11 Å². The van der Waals surface area contributed by atoms with Gasteiger partial charge in [-0.1, -0.05) is 31.9 Å². The molecular weight excluding hydrogens is 248 g/mol. The fraction of sp³-hybridized carbons (Fsp3) is 0.647. The molecule has 0 heterocycles. The van der Waals surface area contributed by atoms with Gasteiger partial charge in [0.25, 0.3) is 0 Å². The van der Waals surface area contributed by atoms with Crippen LogP contribution in [0.3, 0.4) is 0 Å². The summed E-state index contributed by atoms with van der Waals surface area (Å²) in [4.78, 5) is 2.47. The molecule has 0 aromatic heterocycles. The highest BCUT2D eigenvalue weighted by molar-refractivity contribution is 5.27. The molecule has 112 valence electrons. The summed E-state index contributed by atoms with van der Waals surface area (Å²) in [5.41, 5.74) is 7.65. The first-order valence-corrected chi connectivity index (χ1v) is 7.66. The van der Waals surface area contributed by atoms with E-state index in [9.17, 15) is 0 Å². The lowest BCUT2D eigenvalue weighted by Gasteiger charge is -2.48. The fourth-order valence-corrected chi connectivity index (χ4v) is 3.59. The number of nitrogens with zero attached hydrogens (tertiary/aromatic N) is 1. The lowest BCUT2D eigenvalue weighted by molar-refractivity contribution is 0.0278. The van der Waals surface area contributed by atoms with Crippen LogP contribution in [0.5, 0.6) is 5.75 Å². The van der Waals surface area contributed by atoms with Gasteiger partial charge >= 0.3 is 0 Å². The molecule has 0 aliphatic heterocycles. The van der Waals surface area contributed by atoms with Crippen molar-refractivity contribution in [1.82, 2.24) is 4.90 Å². The fourth-order valence-electron chi connectivity index (χ4n) is 3.59. The smallest absolute Gasteiger partial charge is 0.118 e. The minimum atomic E-state index is 0.165. The summed E-state index contributed by atoms with van der Waals surface area (Å²) in [6.07, 6.45) is 5.16. The molecule has 1 aromatic carbocycles. The van der Waals surface area contributed by atoms with E-state index in [0.29, 0.717) is 5.92 Å². The minimum Gasteiger partial charge on any atom is -0.497 e. The van der Waals surface area contributed by atoms with Crippen LogP contribution < -0.4 is 10.5 Å². The summed E-state index contributed by atoms with van der Waals surface area (Å²) in [6, 6.07) is 8.35. The van der Waals surface area contributed by atoms with E-state index >= 15 is 0 Å². The van der Waals surface area contributed by atoms with Gasteiger partial charge in [-0.3, -0.25) is 4.90 Å². The summed E-state index contributed by atoms with van der Waals surface area (Å²) in [7, 11) is 3.92. The van der Waals surface area contributed by atoms with Crippen LogP contribution in [0.2, 0.25) is 0 Å². The summed E-state index contributed by atoms with van der Waals surface area (Å²) in [5, 5.41) is 0. The normalized spacial score (nSPS) is 26.8. The van der Waals surface area contributed by atoms with Crippen molar-refractivity contribution in [3.05, 3.63) is 29.8 Å². The van der Waals surface area contributed by atoms with Gasteiger partial charge in [0.2, 0.25) is 0 Å². The van der Waals surface area contributed by atoms with Crippen molar-refractivity contribution >= 4 is 0 Å². The Morgan fingerprint density at radius 2 is 2.00 bits per heavy atom. The number of nitrogens with two attached hydrogens (primary N) is 1. The number of ether oxygens (including phenoxy) is 1. The molecule has 1 saturated carbocycles. The molecular formula is C17H28N2O. The van der Waals surface area contributed by atoms with E-state index in [1.54, 1.807) is 7.11 Å². The number of rotatable bonds is 5. The van der Waals surface area contributed by atoms with Crippen LogP contribution in [0.1, 0.15) is 38.2 Å². The van der Waals surface area contributed by atoms with Gasteiger partial charge in [-0.15, -0.1) is 0 Å². The number of methoxy groups -OCH3 is 1. The topological polar surface area (TPSA) is 38.5 Å². The van der Waals surface area contributed by atoms with Gasteiger partial charge in [0.15, 0.2) is 0 Å². The molecule has 3 nitrogen and oxygen atoms in total. The number of benzene rings is 1. The van der Waals surface area contributed by atoms with Gasteiger partial charge in [-0.25, -0.2) is 0 Å². The number of hydrogen-bond donors (Lipinski definition) is 1. The molecule has 2 unspecified atom stereocenters. The Kier molecular flexibility index (Phi) is 5.06. The van der Waals surface area contributed by atoms with Gasteiger partial charge < -0.3 is 10.5 Å². The first-order valence-electron chi connectivity index (χ1n) is 7.66. The first kappa shape index (κ1) is 15.3. The summed E-state index contributed by atoms with van der Waals surface area (Å²) < 4.78 is 5.21. The van der Waals surface area contributed by atoms with Crippen LogP contribution in [-0.4, -0.2) is 31.1 Å². The van der Waals surface area contributed by atoms with Crippen molar-refractivity contribution in [1.29, 1.82) is 0 Å². The van der Waals surface area contributed by atoms with Crippen molar-refractivity contribution in [2.75, 3.05) is 20.7 Å². The van der Waals surface area contributed by atoms with E-state index in [1.807, 2.05) is 12.1 Å². The minimum absolute atomic E-state index is 0.165. The second-order valence-electron chi connectivity index (χ2n) is 6.16. The standard InChI is InChI=1S/C17H28N2O/c1-14-6-4-5-11-17(14,13-18)19(2)12-15-7-9-16(20-3)10-8-15/h7-10,14H,4-6,11-13,18H2,1-3H3. The largest absolute Gasteiger partial charge is 0.497 e. The SMILES string of the molecule is COc1ccc(CN(C)C2(CN)CCCCC2C)cc1. The molecule has 1 aliphatic rings. The van der Waals surface area contributed by atoms with Crippen LogP contribution in [0.25, 0.3) is 0 Å². The lowest BCUT2D eigenvalue weighted by atomic mass is 9.72. The third-order valence-electron chi connectivity index (χ3n) is 5.11. The highest BCUT2D eigenvalue weighted by atomic mass is 16.5. The Labute approximate surface area is 123 Å². The molecule has 2 N–H and O–H groups in total. The molecule has 0 spiro atoms. The average molecular weight is 276 g/mol. The Bertz CT molecular complexity index is 418. The molecule has 1 aromatic rings. The second kappa shape index (κ2) is 6.59. The van der Waals surface area contributed by atoms with Crippen molar-refractivity contribution in [2.45, 2.75) is 44.7 Å². The Morgan fingerprint density at radius 3 is 2.55 bits per heavy atom. The Hall–Kier alpha value is -1.06. The first-order chi connectivity index (χ1) is 9.62. The maximum Gasteiger partial charge on any atom is 0.118 e. The van der Waals surface area contributed by atoms with Crippen LogP contribution >= 0.6 is 0 Å². The van der Waals surface area contributed by atoms with Gasteiger partial charge in [0.1, 0.15) is 5.75 Å². The second-order valence-corrected chi connectivity index (χ2v) is 6.16. The van der Waals surface area contributed by atoms with E-state index in [2.05, 4.69) is 31.0 Å². The predicted octanol–water partition coefficient (Wildman–Crippen LogP) is 3.03. The number of hydrogen-bond acceptors (Lipinski definition) is 3. The summed E-state index contributed by atoms with van der Waals surface area (Å²) in [5.74, 6) is 1.58. The van der Waals surface area contributed by atoms with Crippen LogP contribution in [-0.2, 0) is 6.54 Å². The quantitative estimate of drug-likeness (QED) is 0.898. The van der Waals surface area contributed by atoms with Crippen LogP contribution in [0.15, 0.2) is 24.3 Å². The van der Waals surface area contributed by atoms with E-state index < -0.39 is 0 Å². The zero-order valence-electron chi connectivity index (χ0n) is 13.1. The Balaban J connectivity index is 2.09. The number of likely N-dealkylation sites (N-methyl/N-ethyl adjacent to an activating group) is 1. The molecule has 0 amide bonds. The van der Waals surface area contributed by atoms with E-state index in [0.717, 1.165) is 18.8 Å². The lowest BCUT2D eigenvalue weighted by Crippen LogP contribution is -2.57. The molecule has 2 atom stereocenters. The average Bonchev–Trinajstić information content (AvgIpc) is 2.48. The van der Waals surface area contributed by atoms with Crippen LogP contribution in [0.4, 0.5) is 0 Å². The summed E-state index contributed by atoms with van der Waals surface area (Å²) in [6.45, 7) is 4.06. The van der Waals surface area contributed by atoms with Crippen molar-refractivity contribution in [3.8, 4) is 5.75 Å². The maximum atomic E-state index is 6.17. The van der Waals surface area contributed by atoms with Crippen molar-refractivity contribution < 1.29 is 4.74 Å². The van der Waals surface area contributed by atoms with Crippen molar-refractivity contribution in [2.24, 2.45) is 11.7 Å². The van der Waals surface area contributed by atoms with Gasteiger partial charge in [0, 0.05) is 18.6 Å². The molecule has 1 fully saturated rings. The molecule has 2 rings (SSSR count). The molecule has 0 bridgehead atoms. The van der Waals surface area contributed by atoms with Crippen LogP contribution in [0, 0.1) is 5.92 Å². The molecule has 3 heteroatoms. The molecule has 0 saturated heterocycles. The highest BCUT2D eigenvalue weighted by Crippen LogP contribution is 2.37. The predicted molar refractivity (Wildman–Crippen MR) is 83.9 cm³/mol. The Morgan fingerprint density at radius 1 is 1.30 bits per heavy atom. The zero-order valence-corrected chi connectivity index (χ0v) is 13.1. The monoisotopic (exact) mass is 276 g/mol. The van der Waals surface area contributed by atoms with E-state index in [-0.39, 0.29) is 5.54 Å². The molecule has 1 aliphatic carbocycles. The van der Waals surface area contributed by atoms with E-state index in [1.165, 1.54) is 31.2 Å². The third-order valence-corrected chi connectivity index (χ3v) is 5.11. The molecule has 20 heavy (non-hydrogen) atoms. The maximum absolute atomic E-state index is 6.17. The van der Waals surface area contributed by atoms with Crippen molar-refractivity contribution in [3.63, 3.8) is 0 Å². The van der Waals surface area contributed by atoms with E-state index in [4.69, 9.17) is 10.5 Å². The third kappa shape index (κ3) is 2.99. The summed E-state index contributed by atoms with van der Waals surface area (Å²) >= 11 is 0. The zero-order chi connectivity index (χ0) is 14.6. The van der Waals surface area contributed by atoms with Gasteiger partial charge in [-0.05, 0) is 43.5 Å². The van der Waals surface area contributed by atoms with Gasteiger partial charge in [-0.2, -0.15) is 0 Å². The molecule has 0 radical (unpaired) electrons.